The molecule has 0 radical (unpaired) electrons. The number of ether oxygens (including phenoxy) is 1. The molecule has 0 saturated carbocycles. The van der Waals surface area contributed by atoms with E-state index in [1.807, 2.05) is 18.2 Å². The summed E-state index contributed by atoms with van der Waals surface area (Å²) in [4.78, 5) is 14.3. The van der Waals surface area contributed by atoms with Crippen LogP contribution in [0.1, 0.15) is 26.7 Å². The van der Waals surface area contributed by atoms with Crippen molar-refractivity contribution in [3.05, 3.63) is 23.2 Å². The van der Waals surface area contributed by atoms with Gasteiger partial charge in [-0.15, -0.1) is 0 Å². The van der Waals surface area contributed by atoms with Crippen LogP contribution < -0.4 is 10.2 Å². The molecule has 1 aliphatic heterocycles. The number of rotatable bonds is 5. The van der Waals surface area contributed by atoms with Crippen LogP contribution in [0.5, 0.6) is 0 Å². The monoisotopic (exact) mass is 310 g/mol. The van der Waals surface area contributed by atoms with Crippen molar-refractivity contribution in [1.29, 1.82) is 0 Å². The first-order valence-electron chi connectivity index (χ1n) is 7.48. The van der Waals surface area contributed by atoms with Gasteiger partial charge < -0.3 is 15.0 Å². The van der Waals surface area contributed by atoms with E-state index in [4.69, 9.17) is 16.3 Å². The third kappa shape index (κ3) is 4.90. The molecule has 0 spiro atoms. The summed E-state index contributed by atoms with van der Waals surface area (Å²) in [5.74, 6) is 0.564. The quantitative estimate of drug-likeness (QED) is 0.904. The van der Waals surface area contributed by atoms with Gasteiger partial charge in [0.15, 0.2) is 0 Å². The highest BCUT2D eigenvalue weighted by Crippen LogP contribution is 2.30. The fraction of sp³-hybridized carbons (Fsp3) is 0.562. The number of benzene rings is 1. The van der Waals surface area contributed by atoms with E-state index >= 15 is 0 Å². The number of carbonyl (C=O) groups is 1. The minimum atomic E-state index is 0.0421. The van der Waals surface area contributed by atoms with Gasteiger partial charge in [-0.2, -0.15) is 0 Å². The van der Waals surface area contributed by atoms with Crippen LogP contribution in [0, 0.1) is 5.92 Å². The topological polar surface area (TPSA) is 41.6 Å². The maximum Gasteiger partial charge on any atom is 0.224 e. The SMILES string of the molecule is CC(C)CCC(=O)Nc1cc(Cl)ccc1N1CCOCC1. The summed E-state index contributed by atoms with van der Waals surface area (Å²) < 4.78 is 5.38. The predicted molar refractivity (Wildman–Crippen MR) is 87.2 cm³/mol. The summed E-state index contributed by atoms with van der Waals surface area (Å²) in [6.07, 6.45) is 1.42. The normalized spacial score (nSPS) is 15.3. The average Bonchev–Trinajstić information content (AvgIpc) is 2.46. The molecule has 1 fully saturated rings. The lowest BCUT2D eigenvalue weighted by atomic mass is 10.1. The molecule has 0 aromatic heterocycles. The van der Waals surface area contributed by atoms with E-state index in [0.29, 0.717) is 30.6 Å². The Morgan fingerprint density at radius 3 is 2.76 bits per heavy atom. The zero-order chi connectivity index (χ0) is 15.2. The summed E-state index contributed by atoms with van der Waals surface area (Å²) in [6.45, 7) is 7.32. The second-order valence-corrected chi connectivity index (χ2v) is 6.18. The van der Waals surface area contributed by atoms with Gasteiger partial charge in [0.2, 0.25) is 5.91 Å². The molecule has 1 heterocycles. The van der Waals surface area contributed by atoms with Crippen molar-refractivity contribution in [2.45, 2.75) is 26.7 Å². The van der Waals surface area contributed by atoms with Crippen LogP contribution in [-0.2, 0) is 9.53 Å². The van der Waals surface area contributed by atoms with E-state index in [0.717, 1.165) is 30.9 Å². The fourth-order valence-electron chi connectivity index (χ4n) is 2.32. The lowest BCUT2D eigenvalue weighted by Crippen LogP contribution is -2.36. The minimum absolute atomic E-state index is 0.0421. The molecule has 1 N–H and O–H groups in total. The zero-order valence-electron chi connectivity index (χ0n) is 12.7. The molecule has 0 unspecified atom stereocenters. The highest BCUT2D eigenvalue weighted by Gasteiger charge is 2.16. The third-order valence-electron chi connectivity index (χ3n) is 3.53. The molecular formula is C16H23ClN2O2. The second kappa shape index (κ2) is 7.66. The van der Waals surface area contributed by atoms with Crippen LogP contribution in [0.4, 0.5) is 11.4 Å². The summed E-state index contributed by atoms with van der Waals surface area (Å²) in [6, 6.07) is 5.64. The molecule has 0 aliphatic carbocycles. The molecule has 4 nitrogen and oxygen atoms in total. The molecule has 2 rings (SSSR count). The predicted octanol–water partition coefficient (Wildman–Crippen LogP) is 3.55. The number of halogens is 1. The molecule has 116 valence electrons. The Labute approximate surface area is 131 Å². The van der Waals surface area contributed by atoms with Crippen molar-refractivity contribution in [3.8, 4) is 0 Å². The number of hydrogen-bond acceptors (Lipinski definition) is 3. The lowest BCUT2D eigenvalue weighted by Gasteiger charge is -2.30. The van der Waals surface area contributed by atoms with Crippen molar-refractivity contribution in [3.63, 3.8) is 0 Å². The van der Waals surface area contributed by atoms with Crippen molar-refractivity contribution in [2.75, 3.05) is 36.5 Å². The highest BCUT2D eigenvalue weighted by molar-refractivity contribution is 6.31. The molecule has 1 aromatic rings. The average molecular weight is 311 g/mol. The van der Waals surface area contributed by atoms with Crippen LogP contribution in [0.2, 0.25) is 5.02 Å². The first kappa shape index (κ1) is 16.1. The summed E-state index contributed by atoms with van der Waals surface area (Å²) in [7, 11) is 0. The van der Waals surface area contributed by atoms with E-state index < -0.39 is 0 Å². The maximum absolute atomic E-state index is 12.1. The molecule has 0 atom stereocenters. The second-order valence-electron chi connectivity index (χ2n) is 5.74. The number of hydrogen-bond donors (Lipinski definition) is 1. The van der Waals surface area contributed by atoms with Crippen molar-refractivity contribution >= 4 is 28.9 Å². The third-order valence-corrected chi connectivity index (χ3v) is 3.77. The van der Waals surface area contributed by atoms with Gasteiger partial charge in [0.05, 0.1) is 24.6 Å². The van der Waals surface area contributed by atoms with Crippen molar-refractivity contribution in [2.24, 2.45) is 5.92 Å². The van der Waals surface area contributed by atoms with Crippen molar-refractivity contribution < 1.29 is 9.53 Å². The Morgan fingerprint density at radius 2 is 2.10 bits per heavy atom. The van der Waals surface area contributed by atoms with E-state index in [1.54, 1.807) is 0 Å². The smallest absolute Gasteiger partial charge is 0.224 e. The van der Waals surface area contributed by atoms with Crippen molar-refractivity contribution in [1.82, 2.24) is 0 Å². The van der Waals surface area contributed by atoms with Crippen LogP contribution in [0.25, 0.3) is 0 Å². The maximum atomic E-state index is 12.1. The minimum Gasteiger partial charge on any atom is -0.378 e. The van der Waals surface area contributed by atoms with E-state index in [9.17, 15) is 4.79 Å². The number of carbonyl (C=O) groups excluding carboxylic acids is 1. The van der Waals surface area contributed by atoms with Crippen LogP contribution in [0.15, 0.2) is 18.2 Å². The van der Waals surface area contributed by atoms with E-state index in [2.05, 4.69) is 24.1 Å². The lowest BCUT2D eigenvalue weighted by molar-refractivity contribution is -0.116. The van der Waals surface area contributed by atoms with Gasteiger partial charge >= 0.3 is 0 Å². The van der Waals surface area contributed by atoms with E-state index in [1.165, 1.54) is 0 Å². The molecular weight excluding hydrogens is 288 g/mol. The molecule has 1 aliphatic rings. The Kier molecular flexibility index (Phi) is 5.88. The number of morpholine rings is 1. The summed E-state index contributed by atoms with van der Waals surface area (Å²) in [5, 5.41) is 3.63. The van der Waals surface area contributed by atoms with Crippen LogP contribution >= 0.6 is 11.6 Å². The zero-order valence-corrected chi connectivity index (χ0v) is 13.4. The standard InChI is InChI=1S/C16H23ClN2O2/c1-12(2)3-6-16(20)18-14-11-13(17)4-5-15(14)19-7-9-21-10-8-19/h4-5,11-12H,3,6-10H2,1-2H3,(H,18,20). The molecule has 1 amide bonds. The van der Waals surface area contributed by atoms with Crippen LogP contribution in [0.3, 0.4) is 0 Å². The highest BCUT2D eigenvalue weighted by atomic mass is 35.5. The Bertz CT molecular complexity index is 485. The van der Waals surface area contributed by atoms with Gasteiger partial charge in [-0.3, -0.25) is 4.79 Å². The van der Waals surface area contributed by atoms with E-state index in [-0.39, 0.29) is 5.91 Å². The Balaban J connectivity index is 2.09. The number of nitrogens with zero attached hydrogens (tertiary/aromatic N) is 1. The first-order chi connectivity index (χ1) is 10.1. The van der Waals surface area contributed by atoms with Gasteiger partial charge in [-0.25, -0.2) is 0 Å². The number of amides is 1. The summed E-state index contributed by atoms with van der Waals surface area (Å²) in [5.41, 5.74) is 1.80. The van der Waals surface area contributed by atoms with Gasteiger partial charge in [0.1, 0.15) is 0 Å². The Hall–Kier alpha value is -1.26. The molecule has 1 aromatic carbocycles. The summed E-state index contributed by atoms with van der Waals surface area (Å²) >= 11 is 6.07. The largest absolute Gasteiger partial charge is 0.378 e. The van der Waals surface area contributed by atoms with Crippen LogP contribution in [-0.4, -0.2) is 32.2 Å². The molecule has 21 heavy (non-hydrogen) atoms. The Morgan fingerprint density at radius 1 is 1.38 bits per heavy atom. The molecule has 5 heteroatoms. The molecule has 1 saturated heterocycles. The van der Waals surface area contributed by atoms with Gasteiger partial charge in [0, 0.05) is 24.5 Å². The van der Waals surface area contributed by atoms with Gasteiger partial charge in [0.25, 0.3) is 0 Å². The number of anilines is 2. The van der Waals surface area contributed by atoms with Gasteiger partial charge in [-0.05, 0) is 30.5 Å². The molecule has 0 bridgehead atoms. The first-order valence-corrected chi connectivity index (χ1v) is 7.86. The fourth-order valence-corrected chi connectivity index (χ4v) is 2.49. The number of nitrogens with one attached hydrogen (secondary N) is 1. The van der Waals surface area contributed by atoms with Gasteiger partial charge in [-0.1, -0.05) is 25.4 Å².